The van der Waals surface area contributed by atoms with Crippen molar-refractivity contribution in [3.05, 3.63) is 29.8 Å². The number of benzene rings is 1. The van der Waals surface area contributed by atoms with Gasteiger partial charge in [0.05, 0.1) is 5.56 Å². The maximum Gasteiger partial charge on any atom is 0.163 e. The highest BCUT2D eigenvalue weighted by Gasteiger charge is 2.12. The molecule has 0 aliphatic carbocycles. The van der Waals surface area contributed by atoms with Crippen LogP contribution in [0.5, 0.6) is 5.75 Å². The van der Waals surface area contributed by atoms with Gasteiger partial charge in [-0.05, 0) is 45.0 Å². The van der Waals surface area contributed by atoms with Crippen LogP contribution in [0.1, 0.15) is 30.1 Å². The van der Waals surface area contributed by atoms with Crippen LogP contribution in [0.15, 0.2) is 24.3 Å². The normalized spacial score (nSPS) is 16.1. The number of nitrogens with zero attached hydrogens (tertiary/aromatic N) is 1. The molecule has 1 aliphatic rings. The minimum Gasteiger partial charge on any atom is -0.491 e. The van der Waals surface area contributed by atoms with Crippen LogP contribution < -0.4 is 4.74 Å². The zero-order valence-electron chi connectivity index (χ0n) is 10.3. The third-order valence-electron chi connectivity index (χ3n) is 3.13. The first-order valence-electron chi connectivity index (χ1n) is 6.22. The topological polar surface area (TPSA) is 29.5 Å². The summed E-state index contributed by atoms with van der Waals surface area (Å²) in [6.45, 7) is 5.54. The lowest BCUT2D eigenvalue weighted by Gasteiger charge is -2.15. The number of hydrogen-bond donors (Lipinski definition) is 0. The lowest BCUT2D eigenvalue weighted by molar-refractivity contribution is 0.101. The van der Waals surface area contributed by atoms with Crippen LogP contribution in [0, 0.1) is 0 Å². The first-order valence-corrected chi connectivity index (χ1v) is 6.22. The Morgan fingerprint density at radius 3 is 2.71 bits per heavy atom. The molecular formula is C14H19NO2. The Balaban J connectivity index is 1.87. The number of ether oxygens (including phenoxy) is 1. The molecule has 3 heteroatoms. The maximum absolute atomic E-state index is 11.4. The van der Waals surface area contributed by atoms with Crippen LogP contribution in [0.4, 0.5) is 0 Å². The summed E-state index contributed by atoms with van der Waals surface area (Å²) in [6, 6.07) is 7.44. The summed E-state index contributed by atoms with van der Waals surface area (Å²) in [6.07, 6.45) is 2.59. The molecular weight excluding hydrogens is 214 g/mol. The van der Waals surface area contributed by atoms with Gasteiger partial charge in [-0.2, -0.15) is 0 Å². The fraction of sp³-hybridized carbons (Fsp3) is 0.500. The lowest BCUT2D eigenvalue weighted by atomic mass is 10.1. The van der Waals surface area contributed by atoms with E-state index in [0.29, 0.717) is 17.9 Å². The largest absolute Gasteiger partial charge is 0.491 e. The highest BCUT2D eigenvalue weighted by atomic mass is 16.5. The molecule has 1 saturated heterocycles. The van der Waals surface area contributed by atoms with Gasteiger partial charge in [0.25, 0.3) is 0 Å². The molecule has 1 aliphatic heterocycles. The van der Waals surface area contributed by atoms with Crippen LogP contribution in [0.25, 0.3) is 0 Å². The van der Waals surface area contributed by atoms with Gasteiger partial charge in [0.1, 0.15) is 12.4 Å². The monoisotopic (exact) mass is 233 g/mol. The highest BCUT2D eigenvalue weighted by molar-refractivity contribution is 5.96. The molecule has 0 amide bonds. The molecule has 1 aromatic carbocycles. The number of rotatable bonds is 5. The fourth-order valence-corrected chi connectivity index (χ4v) is 2.17. The van der Waals surface area contributed by atoms with Gasteiger partial charge in [0.2, 0.25) is 0 Å². The highest BCUT2D eigenvalue weighted by Crippen LogP contribution is 2.18. The summed E-state index contributed by atoms with van der Waals surface area (Å²) in [5, 5.41) is 0. The fourth-order valence-electron chi connectivity index (χ4n) is 2.17. The average Bonchev–Trinajstić information content (AvgIpc) is 2.82. The van der Waals surface area contributed by atoms with Gasteiger partial charge in [-0.3, -0.25) is 9.69 Å². The number of ketones is 1. The van der Waals surface area contributed by atoms with Gasteiger partial charge >= 0.3 is 0 Å². The molecule has 0 unspecified atom stereocenters. The second-order valence-corrected chi connectivity index (χ2v) is 4.45. The molecule has 0 aromatic heterocycles. The van der Waals surface area contributed by atoms with Gasteiger partial charge in [-0.15, -0.1) is 0 Å². The van der Waals surface area contributed by atoms with E-state index < -0.39 is 0 Å². The molecule has 2 rings (SSSR count). The minimum atomic E-state index is 0.0572. The maximum atomic E-state index is 11.4. The Morgan fingerprint density at radius 2 is 2.00 bits per heavy atom. The Morgan fingerprint density at radius 1 is 1.29 bits per heavy atom. The van der Waals surface area contributed by atoms with E-state index in [1.54, 1.807) is 6.92 Å². The van der Waals surface area contributed by atoms with Crippen molar-refractivity contribution in [2.75, 3.05) is 26.2 Å². The predicted molar refractivity (Wildman–Crippen MR) is 67.6 cm³/mol. The molecule has 0 saturated carbocycles. The Kier molecular flexibility index (Phi) is 4.15. The number of para-hydroxylation sites is 1. The van der Waals surface area contributed by atoms with Crippen LogP contribution in [-0.2, 0) is 0 Å². The first kappa shape index (κ1) is 12.1. The van der Waals surface area contributed by atoms with Crippen molar-refractivity contribution < 1.29 is 9.53 Å². The van der Waals surface area contributed by atoms with Gasteiger partial charge in [-0.1, -0.05) is 12.1 Å². The van der Waals surface area contributed by atoms with Crippen molar-refractivity contribution >= 4 is 5.78 Å². The average molecular weight is 233 g/mol. The molecule has 0 N–H and O–H groups in total. The minimum absolute atomic E-state index is 0.0572. The first-order chi connectivity index (χ1) is 8.27. The van der Waals surface area contributed by atoms with Gasteiger partial charge in [0.15, 0.2) is 5.78 Å². The van der Waals surface area contributed by atoms with E-state index >= 15 is 0 Å². The van der Waals surface area contributed by atoms with E-state index in [1.807, 2.05) is 24.3 Å². The van der Waals surface area contributed by atoms with E-state index in [9.17, 15) is 4.79 Å². The van der Waals surface area contributed by atoms with Crippen LogP contribution in [0.2, 0.25) is 0 Å². The van der Waals surface area contributed by atoms with Gasteiger partial charge < -0.3 is 4.74 Å². The summed E-state index contributed by atoms with van der Waals surface area (Å²) >= 11 is 0. The summed E-state index contributed by atoms with van der Waals surface area (Å²) in [5.41, 5.74) is 0.675. The lowest BCUT2D eigenvalue weighted by Crippen LogP contribution is -2.25. The molecule has 0 radical (unpaired) electrons. The Hall–Kier alpha value is -1.35. The third kappa shape index (κ3) is 3.30. The summed E-state index contributed by atoms with van der Waals surface area (Å²) in [5.74, 6) is 0.765. The standard InChI is InChI=1S/C14H19NO2/c1-12(16)13-6-2-3-7-14(13)17-11-10-15-8-4-5-9-15/h2-3,6-7H,4-5,8-11H2,1H3. The van der Waals surface area contributed by atoms with Crippen molar-refractivity contribution in [1.82, 2.24) is 4.90 Å². The number of hydrogen-bond acceptors (Lipinski definition) is 3. The molecule has 0 spiro atoms. The van der Waals surface area contributed by atoms with Crippen molar-refractivity contribution in [3.8, 4) is 5.75 Å². The molecule has 1 heterocycles. The summed E-state index contributed by atoms with van der Waals surface area (Å²) in [4.78, 5) is 13.8. The SMILES string of the molecule is CC(=O)c1ccccc1OCCN1CCCC1. The zero-order chi connectivity index (χ0) is 12.1. The Labute approximate surface area is 102 Å². The second kappa shape index (κ2) is 5.82. The van der Waals surface area contributed by atoms with E-state index in [0.717, 1.165) is 6.54 Å². The van der Waals surface area contributed by atoms with Crippen LogP contribution in [0.3, 0.4) is 0 Å². The second-order valence-electron chi connectivity index (χ2n) is 4.45. The zero-order valence-corrected chi connectivity index (χ0v) is 10.3. The molecule has 0 bridgehead atoms. The molecule has 92 valence electrons. The number of carbonyl (C=O) groups excluding carboxylic acids is 1. The van der Waals surface area contributed by atoms with Crippen LogP contribution in [-0.4, -0.2) is 36.9 Å². The van der Waals surface area contributed by atoms with Crippen molar-refractivity contribution in [3.63, 3.8) is 0 Å². The smallest absolute Gasteiger partial charge is 0.163 e. The number of Topliss-reactive ketones (excluding diaryl/α,β-unsaturated/α-hetero) is 1. The quantitative estimate of drug-likeness (QED) is 0.731. The van der Waals surface area contributed by atoms with E-state index in [1.165, 1.54) is 25.9 Å². The van der Waals surface area contributed by atoms with E-state index in [-0.39, 0.29) is 5.78 Å². The van der Waals surface area contributed by atoms with Crippen molar-refractivity contribution in [2.45, 2.75) is 19.8 Å². The summed E-state index contributed by atoms with van der Waals surface area (Å²) in [7, 11) is 0. The predicted octanol–water partition coefficient (Wildman–Crippen LogP) is 2.36. The van der Waals surface area contributed by atoms with Crippen LogP contribution >= 0.6 is 0 Å². The number of likely N-dealkylation sites (tertiary alicyclic amines) is 1. The number of carbonyl (C=O) groups is 1. The molecule has 0 atom stereocenters. The van der Waals surface area contributed by atoms with Crippen molar-refractivity contribution in [2.24, 2.45) is 0 Å². The molecule has 3 nitrogen and oxygen atoms in total. The molecule has 1 aromatic rings. The molecule has 17 heavy (non-hydrogen) atoms. The van der Waals surface area contributed by atoms with E-state index in [4.69, 9.17) is 4.74 Å². The van der Waals surface area contributed by atoms with Gasteiger partial charge in [-0.25, -0.2) is 0 Å². The Bertz CT molecular complexity index is 384. The molecule has 1 fully saturated rings. The van der Waals surface area contributed by atoms with E-state index in [2.05, 4.69) is 4.90 Å². The van der Waals surface area contributed by atoms with Gasteiger partial charge in [0, 0.05) is 6.54 Å². The van der Waals surface area contributed by atoms with Crippen molar-refractivity contribution in [1.29, 1.82) is 0 Å². The third-order valence-corrected chi connectivity index (χ3v) is 3.13. The summed E-state index contributed by atoms with van der Waals surface area (Å²) < 4.78 is 5.70.